The van der Waals surface area contributed by atoms with Gasteiger partial charge in [0.1, 0.15) is 18.7 Å². The average Bonchev–Trinajstić information content (AvgIpc) is 3.12. The molecule has 33 heavy (non-hydrogen) atoms. The second-order valence-electron chi connectivity index (χ2n) is 8.35. The van der Waals surface area contributed by atoms with Crippen molar-refractivity contribution in [3.05, 3.63) is 71.3 Å². The van der Waals surface area contributed by atoms with Gasteiger partial charge in [0.25, 0.3) is 0 Å². The lowest BCUT2D eigenvalue weighted by atomic mass is 9.98. The van der Waals surface area contributed by atoms with Crippen LogP contribution in [0.4, 0.5) is 4.79 Å². The zero-order chi connectivity index (χ0) is 24.0. The number of alkyl carbamates (subject to hydrolysis) is 1. The lowest BCUT2D eigenvalue weighted by molar-refractivity contribution is -0.142. The van der Waals surface area contributed by atoms with Crippen LogP contribution in [0.3, 0.4) is 0 Å². The summed E-state index contributed by atoms with van der Waals surface area (Å²) in [6.07, 6.45) is 1.50. The smallest absolute Gasteiger partial charge is 0.407 e. The minimum Gasteiger partial charge on any atom is -0.480 e. The Bertz CT molecular complexity index is 1010. The second kappa shape index (κ2) is 10.8. The number of carbonyl (C=O) groups excluding carboxylic acids is 2. The fraction of sp³-hybridized carbons (Fsp3) is 0.346. The van der Waals surface area contributed by atoms with E-state index in [2.05, 4.69) is 22.8 Å². The van der Waals surface area contributed by atoms with Gasteiger partial charge in [0.05, 0.1) is 0 Å². The average molecular weight is 451 g/mol. The molecule has 2 aromatic carbocycles. The van der Waals surface area contributed by atoms with Crippen molar-refractivity contribution in [2.45, 2.75) is 51.6 Å². The number of ether oxygens (including phenoxy) is 1. The molecule has 7 nitrogen and oxygen atoms in total. The van der Waals surface area contributed by atoms with Crippen molar-refractivity contribution in [3.8, 4) is 11.1 Å². The van der Waals surface area contributed by atoms with Crippen LogP contribution < -0.4 is 10.6 Å². The molecule has 0 radical (unpaired) electrons. The highest BCUT2D eigenvalue weighted by Crippen LogP contribution is 2.44. The lowest BCUT2D eigenvalue weighted by Gasteiger charge is -2.20. The molecular formula is C26H30N2O5. The Morgan fingerprint density at radius 2 is 1.55 bits per heavy atom. The van der Waals surface area contributed by atoms with E-state index >= 15 is 0 Å². The first-order valence-corrected chi connectivity index (χ1v) is 11.1. The van der Waals surface area contributed by atoms with Crippen LogP contribution in [0, 0.1) is 0 Å². The first-order valence-electron chi connectivity index (χ1n) is 11.1. The number of allylic oxidation sites excluding steroid dienone is 1. The first-order chi connectivity index (χ1) is 15.8. The number of amides is 2. The molecule has 0 saturated carbocycles. The summed E-state index contributed by atoms with van der Waals surface area (Å²) in [5.41, 5.74) is 5.41. The van der Waals surface area contributed by atoms with Crippen molar-refractivity contribution >= 4 is 18.0 Å². The van der Waals surface area contributed by atoms with Gasteiger partial charge in [0.2, 0.25) is 5.91 Å². The summed E-state index contributed by atoms with van der Waals surface area (Å²) >= 11 is 0. The van der Waals surface area contributed by atoms with Gasteiger partial charge in [-0.15, -0.1) is 0 Å². The molecule has 3 N–H and O–H groups in total. The van der Waals surface area contributed by atoms with Crippen LogP contribution in [0.1, 0.15) is 50.7 Å². The molecule has 1 aliphatic carbocycles. The number of fused-ring (bicyclic) bond motifs is 3. The Balaban J connectivity index is 1.61. The van der Waals surface area contributed by atoms with E-state index in [1.54, 1.807) is 13.0 Å². The highest BCUT2D eigenvalue weighted by molar-refractivity contribution is 5.89. The Morgan fingerprint density at radius 3 is 2.06 bits per heavy atom. The van der Waals surface area contributed by atoms with E-state index in [4.69, 9.17) is 4.74 Å². The van der Waals surface area contributed by atoms with Gasteiger partial charge in [-0.1, -0.05) is 67.1 Å². The molecule has 7 heteroatoms. The van der Waals surface area contributed by atoms with E-state index in [0.717, 1.165) is 27.8 Å². The summed E-state index contributed by atoms with van der Waals surface area (Å²) in [6, 6.07) is 14.1. The number of hydrogen-bond donors (Lipinski definition) is 3. The Hall–Kier alpha value is -3.61. The molecule has 1 aliphatic rings. The third-order valence-electron chi connectivity index (χ3n) is 5.74. The monoisotopic (exact) mass is 450 g/mol. The molecule has 0 saturated heterocycles. The molecule has 0 fully saturated rings. The number of rotatable bonds is 9. The Kier molecular flexibility index (Phi) is 7.87. The zero-order valence-corrected chi connectivity index (χ0v) is 19.1. The molecule has 0 spiro atoms. The molecule has 3 rings (SSSR count). The maximum absolute atomic E-state index is 12.6. The SMILES string of the molecule is CC[C@H](NC(=O)OCC1c2ccccc2-c2ccccc21)C(=O)NC(CC=C(C)C)C(=O)O. The molecule has 0 aliphatic heterocycles. The molecular weight excluding hydrogens is 420 g/mol. The summed E-state index contributed by atoms with van der Waals surface area (Å²) in [6.45, 7) is 5.58. The molecule has 174 valence electrons. The number of carbonyl (C=O) groups is 3. The number of nitrogens with one attached hydrogen (secondary N) is 2. The van der Waals surface area contributed by atoms with Gasteiger partial charge in [-0.05, 0) is 48.9 Å². The van der Waals surface area contributed by atoms with Gasteiger partial charge in [0.15, 0.2) is 0 Å². The van der Waals surface area contributed by atoms with Crippen LogP contribution in [0.2, 0.25) is 0 Å². The number of aliphatic carboxylic acids is 1. The summed E-state index contributed by atoms with van der Waals surface area (Å²) in [5.74, 6) is -1.77. The zero-order valence-electron chi connectivity index (χ0n) is 19.1. The van der Waals surface area contributed by atoms with Crippen LogP contribution in [0.25, 0.3) is 11.1 Å². The molecule has 0 heterocycles. The largest absolute Gasteiger partial charge is 0.480 e. The molecule has 2 amide bonds. The van der Waals surface area contributed by atoms with Crippen molar-refractivity contribution in [2.75, 3.05) is 6.61 Å². The van der Waals surface area contributed by atoms with Crippen molar-refractivity contribution in [3.63, 3.8) is 0 Å². The minimum atomic E-state index is -1.13. The Morgan fingerprint density at radius 1 is 0.970 bits per heavy atom. The van der Waals surface area contributed by atoms with Crippen molar-refractivity contribution in [1.82, 2.24) is 10.6 Å². The van der Waals surface area contributed by atoms with Crippen LogP contribution in [-0.4, -0.2) is 41.8 Å². The van der Waals surface area contributed by atoms with E-state index < -0.39 is 30.1 Å². The van der Waals surface area contributed by atoms with E-state index in [1.165, 1.54) is 0 Å². The van der Waals surface area contributed by atoms with Gasteiger partial charge in [-0.25, -0.2) is 9.59 Å². The fourth-order valence-corrected chi connectivity index (χ4v) is 3.98. The number of carboxylic acids is 1. The molecule has 0 bridgehead atoms. The van der Waals surface area contributed by atoms with Gasteiger partial charge in [-0.2, -0.15) is 0 Å². The molecule has 2 atom stereocenters. The van der Waals surface area contributed by atoms with Gasteiger partial charge in [-0.3, -0.25) is 4.79 Å². The van der Waals surface area contributed by atoms with Crippen LogP contribution in [0.15, 0.2) is 60.2 Å². The second-order valence-corrected chi connectivity index (χ2v) is 8.35. The van der Waals surface area contributed by atoms with E-state index in [-0.39, 0.29) is 18.9 Å². The van der Waals surface area contributed by atoms with Crippen molar-refractivity contribution in [2.24, 2.45) is 0 Å². The minimum absolute atomic E-state index is 0.0856. The first kappa shape index (κ1) is 24.0. The third kappa shape index (κ3) is 5.80. The summed E-state index contributed by atoms with van der Waals surface area (Å²) < 4.78 is 5.50. The van der Waals surface area contributed by atoms with Gasteiger partial charge >= 0.3 is 12.1 Å². The summed E-state index contributed by atoms with van der Waals surface area (Å²) in [5, 5.41) is 14.4. The highest BCUT2D eigenvalue weighted by atomic mass is 16.5. The van der Waals surface area contributed by atoms with E-state index in [0.29, 0.717) is 6.42 Å². The van der Waals surface area contributed by atoms with Gasteiger partial charge in [0, 0.05) is 5.92 Å². The van der Waals surface area contributed by atoms with Crippen molar-refractivity contribution in [1.29, 1.82) is 0 Å². The standard InChI is InChI=1S/C26H30N2O5/c1-4-22(24(29)27-23(25(30)31)14-13-16(2)3)28-26(32)33-15-21-19-11-7-5-9-17(19)18-10-6-8-12-20(18)21/h5-13,21-23H,4,14-15H2,1-3H3,(H,27,29)(H,28,32)(H,30,31)/t22-,23?/m0/s1. The maximum atomic E-state index is 12.6. The van der Waals surface area contributed by atoms with Crippen LogP contribution in [0.5, 0.6) is 0 Å². The van der Waals surface area contributed by atoms with E-state index in [1.807, 2.05) is 50.2 Å². The summed E-state index contributed by atoms with van der Waals surface area (Å²) in [7, 11) is 0. The highest BCUT2D eigenvalue weighted by Gasteiger charge is 2.30. The lowest BCUT2D eigenvalue weighted by Crippen LogP contribution is -2.51. The fourth-order valence-electron chi connectivity index (χ4n) is 3.98. The van der Waals surface area contributed by atoms with Crippen LogP contribution in [-0.2, 0) is 14.3 Å². The van der Waals surface area contributed by atoms with E-state index in [9.17, 15) is 19.5 Å². The predicted molar refractivity (Wildman–Crippen MR) is 126 cm³/mol. The molecule has 0 aromatic heterocycles. The molecule has 2 aromatic rings. The topological polar surface area (TPSA) is 105 Å². The predicted octanol–water partition coefficient (Wildman–Crippen LogP) is 4.23. The normalized spacial score (nSPS) is 13.8. The third-order valence-corrected chi connectivity index (χ3v) is 5.74. The summed E-state index contributed by atoms with van der Waals surface area (Å²) in [4.78, 5) is 36.6. The maximum Gasteiger partial charge on any atom is 0.407 e. The number of carboxylic acid groups (broad SMARTS) is 1. The quantitative estimate of drug-likeness (QED) is 0.496. The number of benzene rings is 2. The van der Waals surface area contributed by atoms with Gasteiger partial charge < -0.3 is 20.5 Å². The molecule has 1 unspecified atom stereocenters. The Labute approximate surface area is 193 Å². The van der Waals surface area contributed by atoms with Crippen molar-refractivity contribution < 1.29 is 24.2 Å². The number of hydrogen-bond acceptors (Lipinski definition) is 4. The van der Waals surface area contributed by atoms with Crippen LogP contribution >= 0.6 is 0 Å².